The molecule has 0 atom stereocenters. The summed E-state index contributed by atoms with van der Waals surface area (Å²) in [6, 6.07) is 6.22. The smallest absolute Gasteiger partial charge is 0.135 e. The molecule has 1 saturated carbocycles. The van der Waals surface area contributed by atoms with E-state index < -0.39 is 0 Å². The molecular formula is C13H14BrN3S. The van der Waals surface area contributed by atoms with E-state index in [0.717, 1.165) is 22.8 Å². The van der Waals surface area contributed by atoms with Gasteiger partial charge in [-0.3, -0.25) is 0 Å². The van der Waals surface area contributed by atoms with E-state index in [1.54, 1.807) is 11.3 Å². The van der Waals surface area contributed by atoms with Crippen LogP contribution in [0.5, 0.6) is 0 Å². The van der Waals surface area contributed by atoms with E-state index in [1.807, 2.05) is 6.07 Å². The SMILES string of the molecule is CN(Cc1cccs1)c1cc(Br)nc(C2CC2)n1. The molecular weight excluding hydrogens is 310 g/mol. The fourth-order valence-electron chi connectivity index (χ4n) is 1.86. The van der Waals surface area contributed by atoms with Gasteiger partial charge in [-0.05, 0) is 40.2 Å². The third kappa shape index (κ3) is 2.72. The van der Waals surface area contributed by atoms with Crippen LogP contribution in [0.15, 0.2) is 28.2 Å². The van der Waals surface area contributed by atoms with Gasteiger partial charge in [0.1, 0.15) is 16.2 Å². The molecule has 0 aliphatic heterocycles. The zero-order chi connectivity index (χ0) is 12.5. The fraction of sp³-hybridized carbons (Fsp3) is 0.385. The molecule has 0 bridgehead atoms. The highest BCUT2D eigenvalue weighted by atomic mass is 79.9. The number of hydrogen-bond acceptors (Lipinski definition) is 4. The van der Waals surface area contributed by atoms with Crippen molar-refractivity contribution in [2.75, 3.05) is 11.9 Å². The first-order chi connectivity index (χ1) is 8.72. The molecule has 0 spiro atoms. The minimum Gasteiger partial charge on any atom is -0.354 e. The Balaban J connectivity index is 1.81. The summed E-state index contributed by atoms with van der Waals surface area (Å²) in [7, 11) is 2.07. The van der Waals surface area contributed by atoms with E-state index in [-0.39, 0.29) is 0 Å². The summed E-state index contributed by atoms with van der Waals surface area (Å²) in [4.78, 5) is 12.6. The number of halogens is 1. The first-order valence-electron chi connectivity index (χ1n) is 6.00. The first kappa shape index (κ1) is 12.1. The molecule has 0 N–H and O–H groups in total. The van der Waals surface area contributed by atoms with Crippen molar-refractivity contribution in [2.24, 2.45) is 0 Å². The van der Waals surface area contributed by atoms with Gasteiger partial charge in [0.15, 0.2) is 0 Å². The van der Waals surface area contributed by atoms with E-state index in [2.05, 4.69) is 55.4 Å². The van der Waals surface area contributed by atoms with Crippen molar-refractivity contribution in [3.8, 4) is 0 Å². The lowest BCUT2D eigenvalue weighted by Crippen LogP contribution is -2.18. The van der Waals surface area contributed by atoms with Gasteiger partial charge >= 0.3 is 0 Å². The molecule has 0 aromatic carbocycles. The highest BCUT2D eigenvalue weighted by molar-refractivity contribution is 9.10. The Morgan fingerprint density at radius 3 is 2.94 bits per heavy atom. The highest BCUT2D eigenvalue weighted by Crippen LogP contribution is 2.39. The lowest BCUT2D eigenvalue weighted by molar-refractivity contribution is 0.855. The lowest BCUT2D eigenvalue weighted by atomic mass is 10.3. The second-order valence-electron chi connectivity index (χ2n) is 4.62. The molecule has 0 saturated heterocycles. The Bertz CT molecular complexity index is 537. The van der Waals surface area contributed by atoms with Crippen LogP contribution >= 0.6 is 27.3 Å². The number of aromatic nitrogens is 2. The van der Waals surface area contributed by atoms with Crippen molar-refractivity contribution in [2.45, 2.75) is 25.3 Å². The molecule has 18 heavy (non-hydrogen) atoms. The zero-order valence-electron chi connectivity index (χ0n) is 10.1. The molecule has 0 radical (unpaired) electrons. The van der Waals surface area contributed by atoms with E-state index in [1.165, 1.54) is 17.7 Å². The Kier molecular flexibility index (Phi) is 3.35. The van der Waals surface area contributed by atoms with Crippen LogP contribution in [0.3, 0.4) is 0 Å². The van der Waals surface area contributed by atoms with Crippen molar-refractivity contribution in [3.63, 3.8) is 0 Å². The van der Waals surface area contributed by atoms with E-state index in [9.17, 15) is 0 Å². The van der Waals surface area contributed by atoms with Gasteiger partial charge in [-0.1, -0.05) is 6.07 Å². The van der Waals surface area contributed by atoms with Crippen LogP contribution < -0.4 is 4.90 Å². The summed E-state index contributed by atoms with van der Waals surface area (Å²) >= 11 is 5.26. The van der Waals surface area contributed by atoms with E-state index in [4.69, 9.17) is 0 Å². The molecule has 2 aromatic heterocycles. The van der Waals surface area contributed by atoms with Crippen LogP contribution in [0.2, 0.25) is 0 Å². The maximum atomic E-state index is 4.67. The Morgan fingerprint density at radius 2 is 2.28 bits per heavy atom. The number of rotatable bonds is 4. The van der Waals surface area contributed by atoms with Gasteiger partial charge in [-0.15, -0.1) is 11.3 Å². The Hall–Kier alpha value is -0.940. The fourth-order valence-corrected chi connectivity index (χ4v) is 3.00. The summed E-state index contributed by atoms with van der Waals surface area (Å²) in [5.41, 5.74) is 0. The van der Waals surface area contributed by atoms with Gasteiger partial charge in [0.05, 0.1) is 6.54 Å². The summed E-state index contributed by atoms with van der Waals surface area (Å²) in [6.45, 7) is 0.894. The normalized spacial score (nSPS) is 14.8. The van der Waals surface area contributed by atoms with Crippen LogP contribution in [0.4, 0.5) is 5.82 Å². The monoisotopic (exact) mass is 323 g/mol. The van der Waals surface area contributed by atoms with Crippen LogP contribution in [0, 0.1) is 0 Å². The van der Waals surface area contributed by atoms with Crippen molar-refractivity contribution >= 4 is 33.1 Å². The molecule has 3 rings (SSSR count). The van der Waals surface area contributed by atoms with Crippen LogP contribution in [-0.2, 0) is 6.54 Å². The van der Waals surface area contributed by atoms with Gasteiger partial charge in [-0.2, -0.15) is 0 Å². The van der Waals surface area contributed by atoms with Gasteiger partial charge in [-0.25, -0.2) is 9.97 Å². The molecule has 0 unspecified atom stereocenters. The van der Waals surface area contributed by atoms with Crippen molar-refractivity contribution in [3.05, 3.63) is 38.9 Å². The maximum Gasteiger partial charge on any atom is 0.135 e. The predicted molar refractivity (Wildman–Crippen MR) is 78.1 cm³/mol. The van der Waals surface area contributed by atoms with Crippen LogP contribution in [0.25, 0.3) is 0 Å². The number of hydrogen-bond donors (Lipinski definition) is 0. The third-order valence-electron chi connectivity index (χ3n) is 3.01. The quantitative estimate of drug-likeness (QED) is 0.801. The predicted octanol–water partition coefficient (Wildman–Crippen LogP) is 3.81. The Labute approximate surface area is 119 Å². The average Bonchev–Trinajstić information content (AvgIpc) is 3.08. The molecule has 0 amide bonds. The second kappa shape index (κ2) is 4.97. The zero-order valence-corrected chi connectivity index (χ0v) is 12.5. The van der Waals surface area contributed by atoms with Crippen molar-refractivity contribution in [1.29, 1.82) is 0 Å². The molecule has 2 aromatic rings. The number of anilines is 1. The number of nitrogens with zero attached hydrogens (tertiary/aromatic N) is 3. The average molecular weight is 324 g/mol. The summed E-state index contributed by atoms with van der Waals surface area (Å²) < 4.78 is 0.882. The van der Waals surface area contributed by atoms with Crippen LogP contribution in [0.1, 0.15) is 29.5 Å². The highest BCUT2D eigenvalue weighted by Gasteiger charge is 2.27. The van der Waals surface area contributed by atoms with Gasteiger partial charge < -0.3 is 4.90 Å². The molecule has 1 aliphatic carbocycles. The van der Waals surface area contributed by atoms with Crippen LogP contribution in [-0.4, -0.2) is 17.0 Å². The third-order valence-corrected chi connectivity index (χ3v) is 4.27. The van der Waals surface area contributed by atoms with Gasteiger partial charge in [0, 0.05) is 23.9 Å². The molecule has 1 fully saturated rings. The summed E-state index contributed by atoms with van der Waals surface area (Å²) in [5.74, 6) is 2.56. The maximum absolute atomic E-state index is 4.67. The summed E-state index contributed by atoms with van der Waals surface area (Å²) in [6.07, 6.45) is 2.45. The first-order valence-corrected chi connectivity index (χ1v) is 7.67. The molecule has 94 valence electrons. The minimum absolute atomic E-state index is 0.580. The molecule has 5 heteroatoms. The van der Waals surface area contributed by atoms with Gasteiger partial charge in [0.2, 0.25) is 0 Å². The largest absolute Gasteiger partial charge is 0.354 e. The van der Waals surface area contributed by atoms with Gasteiger partial charge in [0.25, 0.3) is 0 Å². The molecule has 1 aliphatic rings. The number of thiophene rings is 1. The lowest BCUT2D eigenvalue weighted by Gasteiger charge is -2.18. The van der Waals surface area contributed by atoms with E-state index in [0.29, 0.717) is 5.92 Å². The second-order valence-corrected chi connectivity index (χ2v) is 6.46. The summed E-state index contributed by atoms with van der Waals surface area (Å²) in [5, 5.41) is 2.11. The Morgan fingerprint density at radius 1 is 1.44 bits per heavy atom. The van der Waals surface area contributed by atoms with Crippen molar-refractivity contribution in [1.82, 2.24) is 9.97 Å². The molecule has 2 heterocycles. The standard InChI is InChI=1S/C13H14BrN3S/c1-17(8-10-3-2-6-18-10)12-7-11(14)15-13(16-12)9-4-5-9/h2-3,6-7,9H,4-5,8H2,1H3. The van der Waals surface area contributed by atoms with E-state index >= 15 is 0 Å². The molecule has 3 nitrogen and oxygen atoms in total. The topological polar surface area (TPSA) is 29.0 Å². The van der Waals surface area contributed by atoms with Crippen molar-refractivity contribution < 1.29 is 0 Å². The minimum atomic E-state index is 0.580.